The van der Waals surface area contributed by atoms with Crippen LogP contribution >= 0.6 is 0 Å². The summed E-state index contributed by atoms with van der Waals surface area (Å²) in [6, 6.07) is 12.5. The molecule has 0 radical (unpaired) electrons. The molecule has 1 saturated heterocycles. The molecule has 2 aromatic carbocycles. The molecule has 1 N–H and O–H groups in total. The average Bonchev–Trinajstić information content (AvgIpc) is 2.70. The van der Waals surface area contributed by atoms with Gasteiger partial charge in [-0.2, -0.15) is 9.40 Å². The molecule has 0 aliphatic carbocycles. The van der Waals surface area contributed by atoms with Gasteiger partial charge in [0, 0.05) is 24.0 Å². The molecule has 7 heteroatoms. The number of nitrogens with one attached hydrogen (secondary N) is 1. The Kier molecular flexibility index (Phi) is 4.57. The van der Waals surface area contributed by atoms with Crippen molar-refractivity contribution in [1.29, 1.82) is 0 Å². The van der Waals surface area contributed by atoms with Gasteiger partial charge < -0.3 is 0 Å². The highest BCUT2D eigenvalue weighted by Gasteiger charge is 2.28. The molecule has 27 heavy (non-hydrogen) atoms. The third-order valence-electron chi connectivity index (χ3n) is 5.09. The molecule has 1 aliphatic heterocycles. The monoisotopic (exact) mass is 383 g/mol. The Morgan fingerprint density at radius 2 is 1.70 bits per heavy atom. The largest absolute Gasteiger partial charge is 0.272 e. The topological polar surface area (TPSA) is 83.1 Å². The lowest BCUT2D eigenvalue weighted by molar-refractivity contribution is 0.346. The van der Waals surface area contributed by atoms with E-state index in [4.69, 9.17) is 0 Å². The van der Waals surface area contributed by atoms with Crippen molar-refractivity contribution in [2.75, 3.05) is 13.1 Å². The van der Waals surface area contributed by atoms with Crippen molar-refractivity contribution in [3.63, 3.8) is 0 Å². The predicted molar refractivity (Wildman–Crippen MR) is 105 cm³/mol. The van der Waals surface area contributed by atoms with E-state index in [1.807, 2.05) is 18.2 Å². The van der Waals surface area contributed by atoms with Gasteiger partial charge in [0.2, 0.25) is 10.0 Å². The quantitative estimate of drug-likeness (QED) is 0.753. The lowest BCUT2D eigenvalue weighted by Crippen LogP contribution is -2.35. The average molecular weight is 383 g/mol. The van der Waals surface area contributed by atoms with E-state index in [1.165, 1.54) is 0 Å². The van der Waals surface area contributed by atoms with Crippen LogP contribution in [0.4, 0.5) is 0 Å². The van der Waals surface area contributed by atoms with Crippen molar-refractivity contribution in [3.05, 3.63) is 58.4 Å². The summed E-state index contributed by atoms with van der Waals surface area (Å²) in [5, 5.41) is 7.94. The Morgan fingerprint density at radius 1 is 1.00 bits per heavy atom. The van der Waals surface area contributed by atoms with Gasteiger partial charge in [0.1, 0.15) is 0 Å². The second kappa shape index (κ2) is 6.90. The zero-order valence-electron chi connectivity index (χ0n) is 15.1. The zero-order chi connectivity index (χ0) is 19.0. The normalized spacial score (nSPS) is 15.9. The zero-order valence-corrected chi connectivity index (χ0v) is 15.9. The minimum atomic E-state index is -3.55. The number of hydrogen-bond acceptors (Lipinski definition) is 4. The van der Waals surface area contributed by atoms with Gasteiger partial charge in [-0.25, -0.2) is 13.5 Å². The highest BCUT2D eigenvalue weighted by Crippen LogP contribution is 2.30. The Labute approximate surface area is 157 Å². The van der Waals surface area contributed by atoms with Crippen molar-refractivity contribution >= 4 is 20.8 Å². The first-order chi connectivity index (χ1) is 13.0. The fourth-order valence-corrected chi connectivity index (χ4v) is 5.37. The molecule has 0 atom stereocenters. The van der Waals surface area contributed by atoms with Crippen LogP contribution in [0.5, 0.6) is 0 Å². The minimum Gasteiger partial charge on any atom is -0.267 e. The number of sulfonamides is 1. The van der Waals surface area contributed by atoms with Gasteiger partial charge in [0.25, 0.3) is 5.56 Å². The van der Waals surface area contributed by atoms with Gasteiger partial charge >= 0.3 is 0 Å². The number of fused-ring (bicyclic) bond motifs is 1. The van der Waals surface area contributed by atoms with Crippen molar-refractivity contribution in [2.45, 2.75) is 31.1 Å². The third-order valence-corrected chi connectivity index (χ3v) is 7.13. The lowest BCUT2D eigenvalue weighted by atomic mass is 10.0. The first-order valence-electron chi connectivity index (χ1n) is 9.07. The van der Waals surface area contributed by atoms with E-state index in [1.54, 1.807) is 35.5 Å². The van der Waals surface area contributed by atoms with Crippen LogP contribution in [0, 0.1) is 6.92 Å². The first kappa shape index (κ1) is 17.9. The van der Waals surface area contributed by atoms with E-state index in [0.29, 0.717) is 45.6 Å². The Morgan fingerprint density at radius 3 is 2.44 bits per heavy atom. The van der Waals surface area contributed by atoms with E-state index in [0.717, 1.165) is 19.3 Å². The number of aromatic nitrogens is 2. The summed E-state index contributed by atoms with van der Waals surface area (Å²) in [6.45, 7) is 2.93. The number of aryl methyl sites for hydroxylation is 1. The number of piperidine rings is 1. The van der Waals surface area contributed by atoms with Crippen molar-refractivity contribution in [1.82, 2.24) is 14.5 Å². The maximum absolute atomic E-state index is 13.2. The van der Waals surface area contributed by atoms with Crippen molar-refractivity contribution in [2.24, 2.45) is 0 Å². The summed E-state index contributed by atoms with van der Waals surface area (Å²) in [5.74, 6) is 0. The maximum atomic E-state index is 13.2. The Bertz CT molecular complexity index is 1160. The SMILES string of the molecule is Cc1ccc(-c2n[nH]c(=O)c3ccccc23)cc1S(=O)(=O)N1CCCCC1. The van der Waals surface area contributed by atoms with Crippen molar-refractivity contribution < 1.29 is 8.42 Å². The Balaban J connectivity index is 1.87. The van der Waals surface area contributed by atoms with Crippen LogP contribution in [0.25, 0.3) is 22.0 Å². The Hall–Kier alpha value is -2.51. The number of rotatable bonds is 3. The highest BCUT2D eigenvalue weighted by molar-refractivity contribution is 7.89. The van der Waals surface area contributed by atoms with E-state index in [9.17, 15) is 13.2 Å². The highest BCUT2D eigenvalue weighted by atomic mass is 32.2. The number of nitrogens with zero attached hydrogens (tertiary/aromatic N) is 2. The molecule has 0 amide bonds. The summed E-state index contributed by atoms with van der Waals surface area (Å²) in [5.41, 5.74) is 1.68. The molecule has 4 rings (SSSR count). The molecule has 140 valence electrons. The second-order valence-corrected chi connectivity index (χ2v) is 8.80. The molecule has 1 aliphatic rings. The second-order valence-electron chi connectivity index (χ2n) is 6.89. The smallest absolute Gasteiger partial charge is 0.267 e. The van der Waals surface area contributed by atoms with Gasteiger partial charge in [-0.3, -0.25) is 4.79 Å². The van der Waals surface area contributed by atoms with Crippen molar-refractivity contribution in [3.8, 4) is 11.3 Å². The predicted octanol–water partition coefficient (Wildman–Crippen LogP) is 3.07. The molecule has 0 saturated carbocycles. The van der Waals surface area contributed by atoms with E-state index < -0.39 is 10.0 Å². The van der Waals surface area contributed by atoms with Crippen LogP contribution in [-0.2, 0) is 10.0 Å². The van der Waals surface area contributed by atoms with E-state index in [-0.39, 0.29) is 5.56 Å². The summed E-state index contributed by atoms with van der Waals surface area (Å²) in [7, 11) is -3.55. The first-order valence-corrected chi connectivity index (χ1v) is 10.5. The molecule has 3 aromatic rings. The molecule has 0 bridgehead atoms. The summed E-state index contributed by atoms with van der Waals surface area (Å²) < 4.78 is 27.9. The molecular weight excluding hydrogens is 362 g/mol. The molecular formula is C20H21N3O3S. The van der Waals surface area contributed by atoms with Crippen LogP contribution in [0.2, 0.25) is 0 Å². The summed E-state index contributed by atoms with van der Waals surface area (Å²) in [4.78, 5) is 12.3. The van der Waals surface area contributed by atoms with Gasteiger partial charge in [0.15, 0.2) is 0 Å². The molecule has 1 aromatic heterocycles. The molecule has 6 nitrogen and oxygen atoms in total. The van der Waals surface area contributed by atoms with Gasteiger partial charge in [-0.15, -0.1) is 0 Å². The number of hydrogen-bond donors (Lipinski definition) is 1. The van der Waals surface area contributed by atoms with Crippen LogP contribution in [0.15, 0.2) is 52.2 Å². The van der Waals surface area contributed by atoms with Crippen LogP contribution in [-0.4, -0.2) is 36.0 Å². The molecule has 0 spiro atoms. The van der Waals surface area contributed by atoms with Crippen LogP contribution in [0.3, 0.4) is 0 Å². The number of benzene rings is 2. The molecule has 1 fully saturated rings. The number of H-pyrrole nitrogens is 1. The minimum absolute atomic E-state index is 0.261. The third kappa shape index (κ3) is 3.17. The maximum Gasteiger partial charge on any atom is 0.272 e. The van der Waals surface area contributed by atoms with Gasteiger partial charge in [-0.05, 0) is 37.5 Å². The fraction of sp³-hybridized carbons (Fsp3) is 0.300. The summed E-state index contributed by atoms with van der Waals surface area (Å²) in [6.07, 6.45) is 2.85. The molecule has 0 unspecified atom stereocenters. The fourth-order valence-electron chi connectivity index (χ4n) is 3.60. The van der Waals surface area contributed by atoms with Crippen LogP contribution in [0.1, 0.15) is 24.8 Å². The van der Waals surface area contributed by atoms with Gasteiger partial charge in [0.05, 0.1) is 16.0 Å². The molecule has 2 heterocycles. The summed E-state index contributed by atoms with van der Waals surface area (Å²) >= 11 is 0. The van der Waals surface area contributed by atoms with Crippen LogP contribution < -0.4 is 5.56 Å². The van der Waals surface area contributed by atoms with Gasteiger partial charge in [-0.1, -0.05) is 36.8 Å². The van der Waals surface area contributed by atoms with E-state index >= 15 is 0 Å². The standard InChI is InChI=1S/C20H21N3O3S/c1-14-9-10-15(13-18(14)27(25,26)23-11-5-2-6-12-23)19-16-7-3-4-8-17(16)20(24)22-21-19/h3-4,7-10,13H,2,5-6,11-12H2,1H3,(H,22,24). The lowest BCUT2D eigenvalue weighted by Gasteiger charge is -2.26. The number of aromatic amines is 1. The van der Waals surface area contributed by atoms with E-state index in [2.05, 4.69) is 10.2 Å².